The second kappa shape index (κ2) is 9.41. The van der Waals surface area contributed by atoms with Crippen molar-refractivity contribution in [1.82, 2.24) is 9.21 Å². The van der Waals surface area contributed by atoms with Crippen molar-refractivity contribution in [3.8, 4) is 0 Å². The van der Waals surface area contributed by atoms with E-state index >= 15 is 0 Å². The number of ketones is 1. The van der Waals surface area contributed by atoms with Gasteiger partial charge in [-0.2, -0.15) is 4.31 Å². The topological polar surface area (TPSA) is 121 Å². The first-order valence-electron chi connectivity index (χ1n) is 9.87. The summed E-state index contributed by atoms with van der Waals surface area (Å²) in [5.74, 6) is -1.11. The summed E-state index contributed by atoms with van der Waals surface area (Å²) in [4.78, 5) is 48.3. The van der Waals surface area contributed by atoms with Gasteiger partial charge in [0, 0.05) is 31.1 Å². The Morgan fingerprint density at radius 1 is 0.969 bits per heavy atom. The van der Waals surface area contributed by atoms with Gasteiger partial charge in [0.05, 0.1) is 18.0 Å². The van der Waals surface area contributed by atoms with E-state index in [9.17, 15) is 27.6 Å². The number of sulfonamides is 1. The summed E-state index contributed by atoms with van der Waals surface area (Å²) in [6.45, 7) is 1.16. The van der Waals surface area contributed by atoms with Crippen molar-refractivity contribution >= 4 is 39.2 Å². The first-order valence-corrected chi connectivity index (χ1v) is 11.3. The number of amides is 3. The Kier molecular flexibility index (Phi) is 6.85. The normalized spacial score (nSPS) is 14.2. The average Bonchev–Trinajstić information content (AvgIpc) is 3.07. The molecule has 1 N–H and O–H groups in total. The van der Waals surface area contributed by atoms with Crippen LogP contribution in [0.2, 0.25) is 0 Å². The lowest BCUT2D eigenvalue weighted by molar-refractivity contribution is -0.139. The fourth-order valence-corrected chi connectivity index (χ4v) is 4.33. The molecule has 0 unspecified atom stereocenters. The number of rotatable bonds is 8. The SMILES string of the molecule is CC(=O)c1ccc(S(=O)(=O)N(C)CC(=O)Nc2ccc(CN3C(=O)CCC3=O)cc2)cc1. The van der Waals surface area contributed by atoms with Crippen LogP contribution in [-0.2, 0) is 31.0 Å². The van der Waals surface area contributed by atoms with Gasteiger partial charge in [-0.25, -0.2) is 8.42 Å². The third-order valence-corrected chi connectivity index (χ3v) is 6.89. The molecule has 3 rings (SSSR count). The van der Waals surface area contributed by atoms with Crippen LogP contribution in [0.5, 0.6) is 0 Å². The molecule has 1 saturated heterocycles. The van der Waals surface area contributed by atoms with E-state index in [-0.39, 0.29) is 41.9 Å². The van der Waals surface area contributed by atoms with Crippen LogP contribution in [0.4, 0.5) is 5.69 Å². The Hall–Kier alpha value is -3.37. The number of hydrogen-bond acceptors (Lipinski definition) is 6. The molecule has 0 saturated carbocycles. The molecule has 1 aliphatic rings. The molecule has 0 radical (unpaired) electrons. The van der Waals surface area contributed by atoms with E-state index in [0.717, 1.165) is 9.87 Å². The molecule has 0 aromatic heterocycles. The highest BCUT2D eigenvalue weighted by molar-refractivity contribution is 7.89. The average molecular weight is 458 g/mol. The molecule has 1 fully saturated rings. The molecular weight excluding hydrogens is 434 g/mol. The lowest BCUT2D eigenvalue weighted by atomic mass is 10.2. The fourth-order valence-electron chi connectivity index (χ4n) is 3.20. The molecule has 1 aliphatic heterocycles. The molecule has 10 heteroatoms. The number of carbonyl (C=O) groups is 4. The van der Waals surface area contributed by atoms with Crippen molar-refractivity contribution in [2.24, 2.45) is 0 Å². The Labute approximate surface area is 186 Å². The minimum Gasteiger partial charge on any atom is -0.325 e. The fraction of sp³-hybridized carbons (Fsp3) is 0.273. The van der Waals surface area contributed by atoms with Gasteiger partial charge in [0.1, 0.15) is 0 Å². The maximum atomic E-state index is 12.7. The van der Waals surface area contributed by atoms with Gasteiger partial charge in [-0.3, -0.25) is 24.1 Å². The Morgan fingerprint density at radius 2 is 1.53 bits per heavy atom. The van der Waals surface area contributed by atoms with Gasteiger partial charge in [0.25, 0.3) is 0 Å². The Balaban J connectivity index is 1.59. The van der Waals surface area contributed by atoms with Crippen LogP contribution in [-0.4, -0.2) is 54.7 Å². The van der Waals surface area contributed by atoms with E-state index in [1.54, 1.807) is 24.3 Å². The van der Waals surface area contributed by atoms with Crippen LogP contribution in [0.15, 0.2) is 53.4 Å². The standard InChI is InChI=1S/C22H23N3O6S/c1-15(26)17-5-9-19(10-6-17)32(30,31)24(2)14-20(27)23-18-7-3-16(4-8-18)13-25-21(28)11-12-22(25)29/h3-10H,11-14H2,1-2H3,(H,23,27). The summed E-state index contributed by atoms with van der Waals surface area (Å²) in [7, 11) is -2.61. The van der Waals surface area contributed by atoms with Gasteiger partial charge in [-0.1, -0.05) is 24.3 Å². The van der Waals surface area contributed by atoms with Crippen LogP contribution in [0.1, 0.15) is 35.7 Å². The highest BCUT2D eigenvalue weighted by atomic mass is 32.2. The number of Topliss-reactive ketones (excluding diaryl/α,β-unsaturated/α-hetero) is 1. The monoisotopic (exact) mass is 457 g/mol. The molecule has 2 aromatic rings. The van der Waals surface area contributed by atoms with Crippen molar-refractivity contribution in [2.45, 2.75) is 31.2 Å². The van der Waals surface area contributed by atoms with Crippen LogP contribution < -0.4 is 5.32 Å². The van der Waals surface area contributed by atoms with Crippen molar-refractivity contribution in [2.75, 3.05) is 18.9 Å². The molecular formula is C22H23N3O6S. The molecule has 3 amide bonds. The van der Waals surface area contributed by atoms with E-state index in [1.165, 1.54) is 43.1 Å². The van der Waals surface area contributed by atoms with E-state index in [1.807, 2.05) is 0 Å². The third-order valence-electron chi connectivity index (χ3n) is 5.07. The summed E-state index contributed by atoms with van der Waals surface area (Å²) in [6.07, 6.45) is 0.453. The number of carbonyl (C=O) groups excluding carboxylic acids is 4. The smallest absolute Gasteiger partial charge is 0.243 e. The molecule has 168 valence electrons. The summed E-state index contributed by atoms with van der Waals surface area (Å²) < 4.78 is 26.3. The van der Waals surface area contributed by atoms with Gasteiger partial charge >= 0.3 is 0 Å². The van der Waals surface area contributed by atoms with E-state index in [4.69, 9.17) is 0 Å². The minimum atomic E-state index is -3.91. The minimum absolute atomic E-state index is 0.0202. The van der Waals surface area contributed by atoms with Crippen LogP contribution in [0.25, 0.3) is 0 Å². The lowest BCUT2D eigenvalue weighted by Gasteiger charge is -2.17. The number of benzene rings is 2. The van der Waals surface area contributed by atoms with Gasteiger partial charge in [0.2, 0.25) is 27.7 Å². The Bertz CT molecular complexity index is 1140. The zero-order valence-corrected chi connectivity index (χ0v) is 18.5. The van der Waals surface area contributed by atoms with E-state index < -0.39 is 22.5 Å². The number of likely N-dealkylation sites (tertiary alicyclic amines) is 1. The maximum Gasteiger partial charge on any atom is 0.243 e. The van der Waals surface area contributed by atoms with E-state index in [0.29, 0.717) is 11.3 Å². The number of imide groups is 1. The molecule has 0 atom stereocenters. The quantitative estimate of drug-likeness (QED) is 0.477. The summed E-state index contributed by atoms with van der Waals surface area (Å²) in [5.41, 5.74) is 1.58. The predicted octanol–water partition coefficient (Wildman–Crippen LogP) is 1.80. The number of nitrogens with one attached hydrogen (secondary N) is 1. The van der Waals surface area contributed by atoms with Crippen molar-refractivity contribution in [3.05, 3.63) is 59.7 Å². The summed E-state index contributed by atoms with van der Waals surface area (Å²) in [5, 5.41) is 2.62. The molecule has 32 heavy (non-hydrogen) atoms. The van der Waals surface area contributed by atoms with Gasteiger partial charge < -0.3 is 5.32 Å². The third kappa shape index (κ3) is 5.27. The van der Waals surface area contributed by atoms with Crippen molar-refractivity contribution in [1.29, 1.82) is 0 Å². The summed E-state index contributed by atoms with van der Waals surface area (Å²) >= 11 is 0. The number of anilines is 1. The van der Waals surface area contributed by atoms with E-state index in [2.05, 4.69) is 5.32 Å². The van der Waals surface area contributed by atoms with Crippen LogP contribution in [0, 0.1) is 0 Å². The van der Waals surface area contributed by atoms with Gasteiger partial charge in [-0.05, 0) is 36.8 Å². The van der Waals surface area contributed by atoms with Gasteiger partial charge in [-0.15, -0.1) is 0 Å². The second-order valence-electron chi connectivity index (χ2n) is 7.46. The predicted molar refractivity (Wildman–Crippen MR) is 116 cm³/mol. The van der Waals surface area contributed by atoms with Crippen LogP contribution in [0.3, 0.4) is 0 Å². The highest BCUT2D eigenvalue weighted by Crippen LogP contribution is 2.18. The zero-order valence-electron chi connectivity index (χ0n) is 17.7. The molecule has 1 heterocycles. The number of hydrogen-bond donors (Lipinski definition) is 1. The Morgan fingerprint density at radius 3 is 2.06 bits per heavy atom. The first kappa shape index (κ1) is 23.3. The molecule has 0 aliphatic carbocycles. The maximum absolute atomic E-state index is 12.7. The molecule has 2 aromatic carbocycles. The zero-order chi connectivity index (χ0) is 23.5. The van der Waals surface area contributed by atoms with Crippen LogP contribution >= 0.6 is 0 Å². The molecule has 0 bridgehead atoms. The molecule has 0 spiro atoms. The van der Waals surface area contributed by atoms with Crippen molar-refractivity contribution in [3.63, 3.8) is 0 Å². The number of nitrogens with zero attached hydrogens (tertiary/aromatic N) is 2. The largest absolute Gasteiger partial charge is 0.325 e. The van der Waals surface area contributed by atoms with Gasteiger partial charge in [0.15, 0.2) is 5.78 Å². The number of likely N-dealkylation sites (N-methyl/N-ethyl adjacent to an activating group) is 1. The highest BCUT2D eigenvalue weighted by Gasteiger charge is 2.28. The first-order chi connectivity index (χ1) is 15.1. The summed E-state index contributed by atoms with van der Waals surface area (Å²) in [6, 6.07) is 12.1. The second-order valence-corrected chi connectivity index (χ2v) is 9.51. The lowest BCUT2D eigenvalue weighted by Crippen LogP contribution is -2.35. The van der Waals surface area contributed by atoms with Crippen molar-refractivity contribution < 1.29 is 27.6 Å². The molecule has 9 nitrogen and oxygen atoms in total.